The average Bonchev–Trinajstić information content (AvgIpc) is 3.49. The van der Waals surface area contributed by atoms with Gasteiger partial charge in [-0.3, -0.25) is 0 Å². The van der Waals surface area contributed by atoms with Gasteiger partial charge in [-0.25, -0.2) is 4.98 Å². The molecular formula is C37H64N2. The highest BCUT2D eigenvalue weighted by Crippen LogP contribution is 2.32. The third-order valence-electron chi connectivity index (χ3n) is 8.82. The van der Waals surface area contributed by atoms with Gasteiger partial charge < -0.3 is 4.57 Å². The predicted octanol–water partition coefficient (Wildman–Crippen LogP) is 12.3. The first kappa shape index (κ1) is 33.6. The highest BCUT2D eigenvalue weighted by Gasteiger charge is 2.23. The lowest BCUT2D eigenvalue weighted by atomic mass is 9.84. The molecule has 0 amide bonds. The van der Waals surface area contributed by atoms with E-state index in [1.54, 1.807) is 0 Å². The Morgan fingerprint density at radius 1 is 0.564 bits per heavy atom. The SMILES string of the molecule is CCCCCCCCCCCCCCCCCCCC(C(CCCCCC)Cc1ccccc1)n1ccnc1. The summed E-state index contributed by atoms with van der Waals surface area (Å²) in [5.41, 5.74) is 1.49. The molecule has 1 heterocycles. The molecule has 39 heavy (non-hydrogen) atoms. The van der Waals surface area contributed by atoms with Crippen molar-refractivity contribution in [3.63, 3.8) is 0 Å². The van der Waals surface area contributed by atoms with Crippen LogP contribution in [0.25, 0.3) is 0 Å². The third-order valence-corrected chi connectivity index (χ3v) is 8.82. The molecule has 0 aliphatic carbocycles. The van der Waals surface area contributed by atoms with Crippen molar-refractivity contribution in [3.05, 3.63) is 54.6 Å². The minimum atomic E-state index is 0.575. The van der Waals surface area contributed by atoms with Gasteiger partial charge in [0, 0.05) is 18.4 Å². The fraction of sp³-hybridized carbons (Fsp3) is 0.757. The molecule has 0 saturated carbocycles. The number of aromatic nitrogens is 2. The maximum absolute atomic E-state index is 4.43. The summed E-state index contributed by atoms with van der Waals surface area (Å²) in [6, 6.07) is 11.8. The van der Waals surface area contributed by atoms with Crippen LogP contribution in [0.5, 0.6) is 0 Å². The van der Waals surface area contributed by atoms with Crippen LogP contribution in [0.3, 0.4) is 0 Å². The largest absolute Gasteiger partial charge is 0.334 e. The molecule has 0 saturated heterocycles. The van der Waals surface area contributed by atoms with Crippen molar-refractivity contribution in [1.29, 1.82) is 0 Å². The van der Waals surface area contributed by atoms with E-state index < -0.39 is 0 Å². The van der Waals surface area contributed by atoms with E-state index in [1.807, 2.05) is 6.20 Å². The molecule has 1 aromatic heterocycles. The van der Waals surface area contributed by atoms with Crippen molar-refractivity contribution in [2.24, 2.45) is 5.92 Å². The predicted molar refractivity (Wildman–Crippen MR) is 172 cm³/mol. The Bertz CT molecular complexity index is 738. The van der Waals surface area contributed by atoms with Crippen molar-refractivity contribution in [3.8, 4) is 0 Å². The van der Waals surface area contributed by atoms with Crippen molar-refractivity contribution < 1.29 is 0 Å². The molecule has 0 N–H and O–H groups in total. The van der Waals surface area contributed by atoms with Gasteiger partial charge in [0.1, 0.15) is 0 Å². The molecule has 0 radical (unpaired) electrons. The maximum atomic E-state index is 4.43. The lowest BCUT2D eigenvalue weighted by Gasteiger charge is -2.29. The van der Waals surface area contributed by atoms with E-state index in [9.17, 15) is 0 Å². The van der Waals surface area contributed by atoms with Crippen LogP contribution in [-0.2, 0) is 6.42 Å². The maximum Gasteiger partial charge on any atom is 0.0948 e. The lowest BCUT2D eigenvalue weighted by Crippen LogP contribution is -2.21. The number of imidazole rings is 1. The summed E-state index contributed by atoms with van der Waals surface area (Å²) in [4.78, 5) is 4.43. The number of hydrogen-bond donors (Lipinski definition) is 0. The molecular weight excluding hydrogens is 472 g/mol. The van der Waals surface area contributed by atoms with Gasteiger partial charge in [-0.1, -0.05) is 179 Å². The van der Waals surface area contributed by atoms with Crippen molar-refractivity contribution in [1.82, 2.24) is 9.55 Å². The summed E-state index contributed by atoms with van der Waals surface area (Å²) < 4.78 is 2.43. The van der Waals surface area contributed by atoms with E-state index in [1.165, 1.54) is 160 Å². The zero-order valence-corrected chi connectivity index (χ0v) is 26.1. The molecule has 2 atom stereocenters. The minimum absolute atomic E-state index is 0.575. The summed E-state index contributed by atoms with van der Waals surface area (Å²) >= 11 is 0. The molecule has 0 spiro atoms. The van der Waals surface area contributed by atoms with Crippen LogP contribution in [0.2, 0.25) is 0 Å². The molecule has 2 unspecified atom stereocenters. The number of hydrogen-bond acceptors (Lipinski definition) is 1. The van der Waals surface area contributed by atoms with Crippen molar-refractivity contribution in [2.45, 2.75) is 174 Å². The Kier molecular flexibility index (Phi) is 20.9. The molecule has 1 aromatic carbocycles. The second-order valence-corrected chi connectivity index (χ2v) is 12.3. The van der Waals surface area contributed by atoms with Crippen LogP contribution in [0.1, 0.15) is 173 Å². The van der Waals surface area contributed by atoms with Crippen LogP contribution in [0, 0.1) is 5.92 Å². The first-order chi connectivity index (χ1) is 19.3. The van der Waals surface area contributed by atoms with Crippen LogP contribution in [0.4, 0.5) is 0 Å². The lowest BCUT2D eigenvalue weighted by molar-refractivity contribution is 0.275. The van der Waals surface area contributed by atoms with Gasteiger partial charge in [-0.2, -0.15) is 0 Å². The van der Waals surface area contributed by atoms with E-state index >= 15 is 0 Å². The molecule has 2 aromatic rings. The van der Waals surface area contributed by atoms with E-state index in [-0.39, 0.29) is 0 Å². The van der Waals surface area contributed by atoms with Crippen molar-refractivity contribution >= 4 is 0 Å². The van der Waals surface area contributed by atoms with E-state index in [2.05, 4.69) is 66.3 Å². The van der Waals surface area contributed by atoms with Crippen LogP contribution < -0.4 is 0 Å². The van der Waals surface area contributed by atoms with Gasteiger partial charge in [-0.15, -0.1) is 0 Å². The molecule has 0 aliphatic rings. The van der Waals surface area contributed by atoms with Gasteiger partial charge in [0.05, 0.1) is 6.33 Å². The molecule has 2 rings (SSSR count). The summed E-state index contributed by atoms with van der Waals surface area (Å²) in [5, 5.41) is 0. The van der Waals surface area contributed by atoms with Gasteiger partial charge in [-0.05, 0) is 30.7 Å². The van der Waals surface area contributed by atoms with Gasteiger partial charge in [0.2, 0.25) is 0 Å². The van der Waals surface area contributed by atoms with Gasteiger partial charge in [0.25, 0.3) is 0 Å². The molecule has 2 nitrogen and oxygen atoms in total. The zero-order chi connectivity index (χ0) is 27.6. The summed E-state index contributed by atoms with van der Waals surface area (Å²) in [6.07, 6.45) is 39.9. The monoisotopic (exact) mass is 537 g/mol. The molecule has 0 fully saturated rings. The minimum Gasteiger partial charge on any atom is -0.334 e. The summed E-state index contributed by atoms with van der Waals surface area (Å²) in [6.45, 7) is 4.62. The van der Waals surface area contributed by atoms with Crippen LogP contribution in [-0.4, -0.2) is 9.55 Å². The first-order valence-electron chi connectivity index (χ1n) is 17.4. The Hall–Kier alpha value is -1.57. The highest BCUT2D eigenvalue weighted by atomic mass is 15.1. The molecule has 0 aliphatic heterocycles. The second kappa shape index (κ2) is 24.2. The van der Waals surface area contributed by atoms with Crippen molar-refractivity contribution in [2.75, 3.05) is 0 Å². The molecule has 2 heteroatoms. The smallest absolute Gasteiger partial charge is 0.0948 e. The van der Waals surface area contributed by atoms with Crippen LogP contribution >= 0.6 is 0 Å². The Balaban J connectivity index is 1.60. The van der Waals surface area contributed by atoms with E-state index in [4.69, 9.17) is 0 Å². The standard InChI is InChI=1S/C37H64N2/c1-3-5-7-9-10-11-12-13-14-15-16-17-18-19-20-21-26-30-37(39-32-31-38-34-39)36(29-25-8-6-4-2)33-35-27-23-22-24-28-35/h22-24,27-28,31-32,34,36-37H,3-21,25-26,29-30,33H2,1-2H3. The zero-order valence-electron chi connectivity index (χ0n) is 26.1. The third kappa shape index (κ3) is 17.0. The fourth-order valence-corrected chi connectivity index (χ4v) is 6.35. The first-order valence-corrected chi connectivity index (χ1v) is 17.4. The quantitative estimate of drug-likeness (QED) is 0.104. The number of nitrogens with zero attached hydrogens (tertiary/aromatic N) is 2. The molecule has 0 bridgehead atoms. The number of benzene rings is 1. The van der Waals surface area contributed by atoms with Gasteiger partial charge >= 0.3 is 0 Å². The van der Waals surface area contributed by atoms with E-state index in [0.29, 0.717) is 12.0 Å². The molecule has 222 valence electrons. The average molecular weight is 537 g/mol. The van der Waals surface area contributed by atoms with Crippen LogP contribution in [0.15, 0.2) is 49.1 Å². The topological polar surface area (TPSA) is 17.8 Å². The van der Waals surface area contributed by atoms with Gasteiger partial charge in [0.15, 0.2) is 0 Å². The Morgan fingerprint density at radius 2 is 1.03 bits per heavy atom. The number of rotatable bonds is 27. The fourth-order valence-electron chi connectivity index (χ4n) is 6.35. The summed E-state index contributed by atoms with van der Waals surface area (Å²) in [7, 11) is 0. The Labute approximate surface area is 243 Å². The highest BCUT2D eigenvalue weighted by molar-refractivity contribution is 5.15. The second-order valence-electron chi connectivity index (χ2n) is 12.3. The summed E-state index contributed by atoms with van der Waals surface area (Å²) in [5.74, 6) is 0.694. The normalized spacial score (nSPS) is 13.1. The Morgan fingerprint density at radius 3 is 1.51 bits per heavy atom. The number of unbranched alkanes of at least 4 members (excludes halogenated alkanes) is 19. The van der Waals surface area contributed by atoms with E-state index in [0.717, 1.165) is 0 Å².